The van der Waals surface area contributed by atoms with Crippen LogP contribution in [0.25, 0.3) is 0 Å². The lowest BCUT2D eigenvalue weighted by atomic mass is 10.2. The maximum absolute atomic E-state index is 12.2. The maximum Gasteiger partial charge on any atom is 0.471 e. The second-order valence-corrected chi connectivity index (χ2v) is 4.33. The molecule has 1 heterocycles. The van der Waals surface area contributed by atoms with Gasteiger partial charge in [0.25, 0.3) is 5.91 Å². The van der Waals surface area contributed by atoms with Gasteiger partial charge in [0, 0.05) is 7.05 Å². The molecule has 1 aromatic rings. The fourth-order valence-electron chi connectivity index (χ4n) is 1.10. The van der Waals surface area contributed by atoms with Gasteiger partial charge in [0.05, 0.1) is 11.3 Å². The van der Waals surface area contributed by atoms with Gasteiger partial charge in [-0.2, -0.15) is 13.2 Å². The van der Waals surface area contributed by atoms with E-state index < -0.39 is 23.7 Å². The first-order valence-corrected chi connectivity index (χ1v) is 5.80. The van der Waals surface area contributed by atoms with E-state index in [9.17, 15) is 22.8 Å². The maximum atomic E-state index is 12.2. The van der Waals surface area contributed by atoms with Gasteiger partial charge in [-0.1, -0.05) is 11.6 Å². The zero-order valence-corrected chi connectivity index (χ0v) is 11.6. The Morgan fingerprint density at radius 1 is 1.42 bits per heavy atom. The predicted molar refractivity (Wildman–Crippen MR) is 65.0 cm³/mol. The highest BCUT2D eigenvalue weighted by molar-refractivity contribution is 9.10. The summed E-state index contributed by atoms with van der Waals surface area (Å²) in [6, 6.07) is 1.04. The minimum absolute atomic E-state index is 0.115. The number of pyridine rings is 1. The van der Waals surface area contributed by atoms with Gasteiger partial charge in [0.1, 0.15) is 9.76 Å². The third-order valence-corrected chi connectivity index (χ3v) is 2.68. The summed E-state index contributed by atoms with van der Waals surface area (Å²) in [5, 5.41) is 3.66. The van der Waals surface area contributed by atoms with E-state index in [1.165, 1.54) is 7.05 Å². The Labute approximate surface area is 118 Å². The van der Waals surface area contributed by atoms with Gasteiger partial charge < -0.3 is 10.6 Å². The van der Waals surface area contributed by atoms with Crippen LogP contribution in [0.5, 0.6) is 0 Å². The molecule has 0 aliphatic rings. The minimum atomic E-state index is -5.08. The number of nitrogens with zero attached hydrogens (tertiary/aromatic N) is 1. The molecule has 0 aromatic carbocycles. The summed E-state index contributed by atoms with van der Waals surface area (Å²) in [5.41, 5.74) is -0.655. The van der Waals surface area contributed by atoms with Crippen molar-refractivity contribution in [1.29, 1.82) is 0 Å². The number of carbonyl (C=O) groups is 2. The number of nitrogens with one attached hydrogen (secondary N) is 2. The fourth-order valence-corrected chi connectivity index (χ4v) is 1.90. The van der Waals surface area contributed by atoms with Crippen molar-refractivity contribution in [1.82, 2.24) is 10.3 Å². The van der Waals surface area contributed by atoms with Crippen molar-refractivity contribution in [2.75, 3.05) is 12.4 Å². The topological polar surface area (TPSA) is 71.1 Å². The molecule has 2 N–H and O–H groups in total. The second-order valence-electron chi connectivity index (χ2n) is 3.19. The standard InChI is InChI=1S/C9H6BrClF3N3O2/c1-15-7(18)3-2-4(11)16-6(10)5(3)17-8(19)9(12,13)14/h2H,1H3,(H,15,18)(H,17,19). The van der Waals surface area contributed by atoms with Crippen LogP contribution in [0.4, 0.5) is 18.9 Å². The van der Waals surface area contributed by atoms with E-state index in [1.807, 2.05) is 0 Å². The Morgan fingerprint density at radius 2 is 2.00 bits per heavy atom. The average Bonchev–Trinajstić information content (AvgIpc) is 2.29. The lowest BCUT2D eigenvalue weighted by Gasteiger charge is -2.13. The highest BCUT2D eigenvalue weighted by Gasteiger charge is 2.39. The first kappa shape index (κ1) is 15.7. The van der Waals surface area contributed by atoms with Crippen molar-refractivity contribution in [3.05, 3.63) is 21.4 Å². The number of halogens is 5. The molecule has 0 bridgehead atoms. The molecule has 1 rings (SSSR count). The van der Waals surface area contributed by atoms with E-state index >= 15 is 0 Å². The van der Waals surface area contributed by atoms with Gasteiger partial charge in [-0.25, -0.2) is 4.98 Å². The summed E-state index contributed by atoms with van der Waals surface area (Å²) in [6.45, 7) is 0. The summed E-state index contributed by atoms with van der Waals surface area (Å²) in [5.74, 6) is -2.94. The van der Waals surface area contributed by atoms with Crippen molar-refractivity contribution >= 4 is 45.0 Å². The predicted octanol–water partition coefficient (Wildman–Crippen LogP) is 2.36. The largest absolute Gasteiger partial charge is 0.471 e. The third-order valence-electron chi connectivity index (χ3n) is 1.91. The smallest absolute Gasteiger partial charge is 0.355 e. The van der Waals surface area contributed by atoms with Crippen LogP contribution in [-0.4, -0.2) is 30.0 Å². The number of amides is 2. The number of carbonyl (C=O) groups excluding carboxylic acids is 2. The zero-order valence-electron chi connectivity index (χ0n) is 9.23. The van der Waals surface area contributed by atoms with Crippen LogP contribution in [-0.2, 0) is 4.79 Å². The number of hydrogen-bond acceptors (Lipinski definition) is 3. The molecule has 0 aliphatic carbocycles. The molecule has 0 saturated heterocycles. The molecule has 0 aliphatic heterocycles. The molecule has 104 valence electrons. The molecule has 19 heavy (non-hydrogen) atoms. The Hall–Kier alpha value is -1.35. The Morgan fingerprint density at radius 3 is 2.47 bits per heavy atom. The Balaban J connectivity index is 3.26. The fraction of sp³-hybridized carbons (Fsp3) is 0.222. The Kier molecular flexibility index (Phi) is 4.75. The molecular formula is C9H6BrClF3N3O2. The van der Waals surface area contributed by atoms with Crippen LogP contribution in [0.2, 0.25) is 5.15 Å². The summed E-state index contributed by atoms with van der Waals surface area (Å²) in [6.07, 6.45) is -5.08. The van der Waals surface area contributed by atoms with E-state index in [-0.39, 0.29) is 15.3 Å². The summed E-state index contributed by atoms with van der Waals surface area (Å²) >= 11 is 8.43. The van der Waals surface area contributed by atoms with Gasteiger partial charge in [-0.05, 0) is 22.0 Å². The molecule has 10 heteroatoms. The van der Waals surface area contributed by atoms with E-state index in [0.29, 0.717) is 0 Å². The van der Waals surface area contributed by atoms with Crippen molar-refractivity contribution in [2.24, 2.45) is 0 Å². The molecule has 0 spiro atoms. The number of anilines is 1. The van der Waals surface area contributed by atoms with Gasteiger partial charge >= 0.3 is 12.1 Å². The molecule has 0 radical (unpaired) electrons. The first-order valence-electron chi connectivity index (χ1n) is 4.63. The van der Waals surface area contributed by atoms with Gasteiger partial charge in [-0.3, -0.25) is 9.59 Å². The summed E-state index contributed by atoms with van der Waals surface area (Å²) in [4.78, 5) is 26.0. The van der Waals surface area contributed by atoms with Crippen LogP contribution >= 0.6 is 27.5 Å². The molecule has 0 unspecified atom stereocenters. The quantitative estimate of drug-likeness (QED) is 0.796. The molecule has 0 fully saturated rings. The SMILES string of the molecule is CNC(=O)c1cc(Cl)nc(Br)c1NC(=O)C(F)(F)F. The van der Waals surface area contributed by atoms with Crippen LogP contribution in [0.15, 0.2) is 10.7 Å². The van der Waals surface area contributed by atoms with Crippen molar-refractivity contribution in [3.8, 4) is 0 Å². The Bertz CT molecular complexity index is 536. The number of hydrogen-bond donors (Lipinski definition) is 2. The van der Waals surface area contributed by atoms with Crippen LogP contribution in [0, 0.1) is 0 Å². The normalized spacial score (nSPS) is 11.1. The van der Waals surface area contributed by atoms with E-state index in [2.05, 4.69) is 26.2 Å². The molecule has 0 atom stereocenters. The van der Waals surface area contributed by atoms with E-state index in [0.717, 1.165) is 6.07 Å². The molecule has 0 saturated carbocycles. The van der Waals surface area contributed by atoms with Gasteiger partial charge in [0.2, 0.25) is 0 Å². The highest BCUT2D eigenvalue weighted by atomic mass is 79.9. The second kappa shape index (κ2) is 5.74. The van der Waals surface area contributed by atoms with Crippen LogP contribution < -0.4 is 10.6 Å². The first-order chi connectivity index (χ1) is 8.66. The van der Waals surface area contributed by atoms with Crippen molar-refractivity contribution in [2.45, 2.75) is 6.18 Å². The van der Waals surface area contributed by atoms with Gasteiger partial charge in [0.15, 0.2) is 0 Å². The lowest BCUT2D eigenvalue weighted by molar-refractivity contribution is -0.167. The van der Waals surface area contributed by atoms with Gasteiger partial charge in [-0.15, -0.1) is 0 Å². The summed E-state index contributed by atoms with van der Waals surface area (Å²) in [7, 11) is 1.28. The zero-order chi connectivity index (χ0) is 14.8. The molecule has 5 nitrogen and oxygen atoms in total. The highest BCUT2D eigenvalue weighted by Crippen LogP contribution is 2.29. The molecular weight excluding hydrogens is 354 g/mol. The molecule has 1 aromatic heterocycles. The lowest BCUT2D eigenvalue weighted by Crippen LogP contribution is -2.31. The minimum Gasteiger partial charge on any atom is -0.355 e. The van der Waals surface area contributed by atoms with Crippen molar-refractivity contribution in [3.63, 3.8) is 0 Å². The van der Waals surface area contributed by atoms with Crippen molar-refractivity contribution < 1.29 is 22.8 Å². The number of aromatic nitrogens is 1. The van der Waals surface area contributed by atoms with E-state index in [1.54, 1.807) is 5.32 Å². The average molecular weight is 361 g/mol. The van der Waals surface area contributed by atoms with Crippen LogP contribution in [0.1, 0.15) is 10.4 Å². The van der Waals surface area contributed by atoms with Crippen LogP contribution in [0.3, 0.4) is 0 Å². The number of alkyl halides is 3. The van der Waals surface area contributed by atoms with E-state index in [4.69, 9.17) is 11.6 Å². The number of rotatable bonds is 2. The summed E-state index contributed by atoms with van der Waals surface area (Å²) < 4.78 is 36.4. The monoisotopic (exact) mass is 359 g/mol. The molecule has 2 amide bonds. The third kappa shape index (κ3) is 3.80.